The molecule has 4 heteroatoms. The fourth-order valence-corrected chi connectivity index (χ4v) is 3.59. The molecule has 2 atom stereocenters. The molecule has 0 aromatic heterocycles. The van der Waals surface area contributed by atoms with Gasteiger partial charge < -0.3 is 9.47 Å². The maximum Gasteiger partial charge on any atom is 0.199 e. The minimum absolute atomic E-state index is 0.156. The molecule has 0 radical (unpaired) electrons. The summed E-state index contributed by atoms with van der Waals surface area (Å²) in [5.41, 5.74) is 2.13. The van der Waals surface area contributed by atoms with E-state index < -0.39 is 5.41 Å². The molecule has 27 heavy (non-hydrogen) atoms. The third kappa shape index (κ3) is 4.05. The van der Waals surface area contributed by atoms with E-state index in [0.29, 0.717) is 13.2 Å². The molecule has 2 aromatic rings. The Kier molecular flexibility index (Phi) is 4.97. The lowest BCUT2D eigenvalue weighted by Crippen LogP contribution is -2.34. The zero-order valence-electron chi connectivity index (χ0n) is 16.0. The lowest BCUT2D eigenvalue weighted by molar-refractivity contribution is 0.263. The van der Waals surface area contributed by atoms with Gasteiger partial charge in [-0.25, -0.2) is 9.98 Å². The van der Waals surface area contributed by atoms with E-state index >= 15 is 0 Å². The van der Waals surface area contributed by atoms with Crippen LogP contribution in [0.2, 0.25) is 0 Å². The first-order valence-corrected chi connectivity index (χ1v) is 9.61. The maximum atomic E-state index is 5.96. The number of hydrogen-bond donors (Lipinski definition) is 0. The maximum absolute atomic E-state index is 5.96. The van der Waals surface area contributed by atoms with Crippen molar-refractivity contribution >= 4 is 11.8 Å². The topological polar surface area (TPSA) is 43.2 Å². The Morgan fingerprint density at radius 1 is 0.741 bits per heavy atom. The molecule has 140 valence electrons. The van der Waals surface area contributed by atoms with Gasteiger partial charge >= 0.3 is 0 Å². The van der Waals surface area contributed by atoms with Gasteiger partial charge in [-0.2, -0.15) is 0 Å². The van der Waals surface area contributed by atoms with Crippen LogP contribution < -0.4 is 0 Å². The molecule has 0 saturated heterocycles. The van der Waals surface area contributed by atoms with Gasteiger partial charge in [-0.1, -0.05) is 60.7 Å². The van der Waals surface area contributed by atoms with Gasteiger partial charge in [0, 0.05) is 0 Å². The summed E-state index contributed by atoms with van der Waals surface area (Å²) in [6, 6.07) is 21.2. The minimum atomic E-state index is -0.434. The standard InChI is InChI=1S/C23H26N2O2/c1-23(2,21-24-19(15-26-21)13-17-9-5-3-6-10-17)22-25-20(16-27-22)14-18-11-7-4-8-12-18/h3-12,19-20H,13-16H2,1-2H3/t19-,20-/m1/s1. The van der Waals surface area contributed by atoms with Gasteiger partial charge in [0.2, 0.25) is 0 Å². The van der Waals surface area contributed by atoms with Crippen LogP contribution in [0.5, 0.6) is 0 Å². The Morgan fingerprint density at radius 2 is 1.15 bits per heavy atom. The van der Waals surface area contributed by atoms with Crippen LogP contribution in [0.15, 0.2) is 70.6 Å². The molecule has 0 amide bonds. The van der Waals surface area contributed by atoms with E-state index in [-0.39, 0.29) is 12.1 Å². The van der Waals surface area contributed by atoms with Crippen LogP contribution in [-0.4, -0.2) is 37.1 Å². The van der Waals surface area contributed by atoms with E-state index in [2.05, 4.69) is 62.4 Å². The second-order valence-electron chi connectivity index (χ2n) is 7.80. The molecule has 0 bridgehead atoms. The molecule has 0 spiro atoms. The first kappa shape index (κ1) is 17.8. The number of nitrogens with zero attached hydrogens (tertiary/aromatic N) is 2. The SMILES string of the molecule is CC(C)(C1=N[C@H](Cc2ccccc2)CO1)C1=N[C@H](Cc2ccccc2)CO1. The smallest absolute Gasteiger partial charge is 0.199 e. The summed E-state index contributed by atoms with van der Waals surface area (Å²) >= 11 is 0. The Bertz CT molecular complexity index is 758. The van der Waals surface area contributed by atoms with Gasteiger partial charge in [-0.3, -0.25) is 0 Å². The van der Waals surface area contributed by atoms with E-state index in [1.54, 1.807) is 0 Å². The van der Waals surface area contributed by atoms with Gasteiger partial charge in [0.15, 0.2) is 11.8 Å². The molecule has 2 heterocycles. The molecule has 0 saturated carbocycles. The first-order valence-electron chi connectivity index (χ1n) is 9.61. The second kappa shape index (κ2) is 7.55. The molecule has 2 aliphatic rings. The van der Waals surface area contributed by atoms with Crippen LogP contribution in [0.3, 0.4) is 0 Å². The molecule has 0 fully saturated rings. The van der Waals surface area contributed by atoms with Crippen LogP contribution in [0, 0.1) is 5.41 Å². The number of aliphatic imine (C=N–C) groups is 2. The van der Waals surface area contributed by atoms with Gasteiger partial charge in [0.1, 0.15) is 18.6 Å². The van der Waals surface area contributed by atoms with Gasteiger partial charge in [0.25, 0.3) is 0 Å². The molecule has 2 aromatic carbocycles. The highest BCUT2D eigenvalue weighted by atomic mass is 16.5. The summed E-state index contributed by atoms with van der Waals surface area (Å²) in [6.07, 6.45) is 1.79. The quantitative estimate of drug-likeness (QED) is 0.777. The predicted octanol–water partition coefficient (Wildman–Crippen LogP) is 4.09. The monoisotopic (exact) mass is 362 g/mol. The number of ether oxygens (including phenoxy) is 2. The van der Waals surface area contributed by atoms with Crippen LogP contribution in [-0.2, 0) is 22.3 Å². The highest BCUT2D eigenvalue weighted by Gasteiger charge is 2.41. The molecule has 4 nitrogen and oxygen atoms in total. The van der Waals surface area contributed by atoms with Crippen molar-refractivity contribution < 1.29 is 9.47 Å². The highest BCUT2D eigenvalue weighted by Crippen LogP contribution is 2.30. The zero-order chi connectivity index (χ0) is 18.7. The van der Waals surface area contributed by atoms with Crippen molar-refractivity contribution in [2.24, 2.45) is 15.4 Å². The molecular formula is C23H26N2O2. The average Bonchev–Trinajstić information content (AvgIpc) is 3.34. The van der Waals surface area contributed by atoms with E-state index in [9.17, 15) is 0 Å². The van der Waals surface area contributed by atoms with Crippen molar-refractivity contribution in [3.05, 3.63) is 71.8 Å². The van der Waals surface area contributed by atoms with E-state index in [1.165, 1.54) is 11.1 Å². The predicted molar refractivity (Wildman–Crippen MR) is 108 cm³/mol. The lowest BCUT2D eigenvalue weighted by Gasteiger charge is -2.22. The molecule has 0 unspecified atom stereocenters. The van der Waals surface area contributed by atoms with Crippen molar-refractivity contribution in [3.8, 4) is 0 Å². The number of rotatable bonds is 6. The Morgan fingerprint density at radius 3 is 1.56 bits per heavy atom. The van der Waals surface area contributed by atoms with Crippen molar-refractivity contribution in [1.82, 2.24) is 0 Å². The number of hydrogen-bond acceptors (Lipinski definition) is 4. The minimum Gasteiger partial charge on any atom is -0.478 e. The van der Waals surface area contributed by atoms with E-state index in [4.69, 9.17) is 19.5 Å². The fraction of sp³-hybridized carbons (Fsp3) is 0.391. The third-order valence-electron chi connectivity index (χ3n) is 5.12. The van der Waals surface area contributed by atoms with Gasteiger partial charge in [0.05, 0.1) is 12.1 Å². The molecule has 2 aliphatic heterocycles. The van der Waals surface area contributed by atoms with Crippen molar-refractivity contribution in [2.45, 2.75) is 38.8 Å². The van der Waals surface area contributed by atoms with E-state index in [1.807, 2.05) is 12.1 Å². The Hall–Kier alpha value is -2.62. The molecule has 4 rings (SSSR count). The second-order valence-corrected chi connectivity index (χ2v) is 7.80. The van der Waals surface area contributed by atoms with Crippen LogP contribution >= 0.6 is 0 Å². The fourth-order valence-electron chi connectivity index (χ4n) is 3.59. The van der Waals surface area contributed by atoms with Gasteiger partial charge in [-0.05, 0) is 37.8 Å². The lowest BCUT2D eigenvalue weighted by atomic mass is 9.93. The Balaban J connectivity index is 1.43. The summed E-state index contributed by atoms with van der Waals surface area (Å²) in [7, 11) is 0. The summed E-state index contributed by atoms with van der Waals surface area (Å²) in [5.74, 6) is 1.48. The highest BCUT2D eigenvalue weighted by molar-refractivity contribution is 6.05. The zero-order valence-corrected chi connectivity index (χ0v) is 16.0. The third-order valence-corrected chi connectivity index (χ3v) is 5.12. The normalized spacial score (nSPS) is 22.0. The summed E-state index contributed by atoms with van der Waals surface area (Å²) < 4.78 is 11.9. The molecular weight excluding hydrogens is 336 g/mol. The van der Waals surface area contributed by atoms with Crippen molar-refractivity contribution in [3.63, 3.8) is 0 Å². The first-order chi connectivity index (χ1) is 13.1. The summed E-state index contributed by atoms with van der Waals surface area (Å²) in [6.45, 7) is 5.41. The number of benzene rings is 2. The van der Waals surface area contributed by atoms with Gasteiger partial charge in [-0.15, -0.1) is 0 Å². The van der Waals surface area contributed by atoms with E-state index in [0.717, 1.165) is 24.6 Å². The van der Waals surface area contributed by atoms with Crippen LogP contribution in [0.4, 0.5) is 0 Å². The van der Waals surface area contributed by atoms with Crippen LogP contribution in [0.1, 0.15) is 25.0 Å². The average molecular weight is 362 g/mol. The van der Waals surface area contributed by atoms with Crippen LogP contribution in [0.25, 0.3) is 0 Å². The summed E-state index contributed by atoms with van der Waals surface area (Å²) in [5, 5.41) is 0. The summed E-state index contributed by atoms with van der Waals surface area (Å²) in [4.78, 5) is 9.68. The van der Waals surface area contributed by atoms with Crippen molar-refractivity contribution in [1.29, 1.82) is 0 Å². The molecule has 0 N–H and O–H groups in total. The Labute approximate surface area is 161 Å². The largest absolute Gasteiger partial charge is 0.478 e. The van der Waals surface area contributed by atoms with Crippen molar-refractivity contribution in [2.75, 3.05) is 13.2 Å². The molecule has 0 aliphatic carbocycles.